The highest BCUT2D eigenvalue weighted by atomic mass is 32.1. The summed E-state index contributed by atoms with van der Waals surface area (Å²) in [6.45, 7) is 3.53. The largest absolute Gasteiger partial charge is 0.489 e. The van der Waals surface area contributed by atoms with Gasteiger partial charge in [-0.2, -0.15) is 18.3 Å². The van der Waals surface area contributed by atoms with Crippen LogP contribution in [0.3, 0.4) is 0 Å². The zero-order chi connectivity index (χ0) is 26.0. The maximum absolute atomic E-state index is 13.9. The highest BCUT2D eigenvalue weighted by Gasteiger charge is 2.41. The van der Waals surface area contributed by atoms with Gasteiger partial charge in [-0.3, -0.25) is 0 Å². The second-order valence-corrected chi connectivity index (χ2v) is 9.25. The molecule has 1 aliphatic rings. The number of fused-ring (bicyclic) bond motifs is 1. The summed E-state index contributed by atoms with van der Waals surface area (Å²) >= 11 is 1.41. The molecule has 0 fully saturated rings. The zero-order valence-corrected chi connectivity index (χ0v) is 20.7. The molecule has 1 aliphatic heterocycles. The highest BCUT2D eigenvalue weighted by Crippen LogP contribution is 2.35. The van der Waals surface area contributed by atoms with Crippen LogP contribution >= 0.6 is 11.3 Å². The van der Waals surface area contributed by atoms with Crippen molar-refractivity contribution in [2.75, 3.05) is 13.2 Å². The van der Waals surface area contributed by atoms with Crippen molar-refractivity contribution in [3.05, 3.63) is 82.0 Å². The van der Waals surface area contributed by atoms with Gasteiger partial charge >= 0.3 is 12.1 Å². The predicted molar refractivity (Wildman–Crippen MR) is 132 cm³/mol. The summed E-state index contributed by atoms with van der Waals surface area (Å²) in [5, 5.41) is 9.05. The number of benzene rings is 1. The minimum absolute atomic E-state index is 0.0546. The fourth-order valence-electron chi connectivity index (χ4n) is 4.20. The predicted octanol–water partition coefficient (Wildman–Crippen LogP) is 5.42. The molecule has 5 rings (SSSR count). The molecule has 4 aromatic rings. The Morgan fingerprint density at radius 2 is 2.05 bits per heavy atom. The van der Waals surface area contributed by atoms with E-state index in [-0.39, 0.29) is 19.0 Å². The summed E-state index contributed by atoms with van der Waals surface area (Å²) in [6, 6.07) is 12.7. The fraction of sp³-hybridized carbons (Fsp3) is 0.269. The van der Waals surface area contributed by atoms with Gasteiger partial charge in [0.05, 0.1) is 23.4 Å². The van der Waals surface area contributed by atoms with Crippen molar-refractivity contribution >= 4 is 17.3 Å². The van der Waals surface area contributed by atoms with Crippen LogP contribution in [0.2, 0.25) is 0 Å². The van der Waals surface area contributed by atoms with E-state index in [1.165, 1.54) is 35.5 Å². The van der Waals surface area contributed by atoms with Crippen molar-refractivity contribution in [1.82, 2.24) is 20.1 Å². The molecule has 4 heterocycles. The van der Waals surface area contributed by atoms with Crippen LogP contribution in [0.4, 0.5) is 13.2 Å². The number of carbonyl (C=O) groups is 1. The summed E-state index contributed by atoms with van der Waals surface area (Å²) in [5.74, 6) is -0.394. The Labute approximate surface area is 214 Å². The van der Waals surface area contributed by atoms with Gasteiger partial charge < -0.3 is 14.8 Å². The topological polar surface area (TPSA) is 78.3 Å². The standard InChI is InChI=1S/C26H23F3N4O3S/c1-2-35-25(34)20-14-31-33(24(20)26(27,28)29)22-5-3-4-21(32-22)23-18(9-11-37-23)15-36-19-7-6-17-13-30-10-8-16(17)12-19/h3-7,9,11-12,14,30H,2,8,10,13,15H2,1H3. The lowest BCUT2D eigenvalue weighted by Gasteiger charge is -2.18. The Morgan fingerprint density at radius 1 is 1.19 bits per heavy atom. The maximum atomic E-state index is 13.9. The van der Waals surface area contributed by atoms with Gasteiger partial charge in [-0.15, -0.1) is 11.3 Å². The summed E-state index contributed by atoms with van der Waals surface area (Å²) in [7, 11) is 0. The smallest absolute Gasteiger partial charge is 0.434 e. The minimum Gasteiger partial charge on any atom is -0.489 e. The normalized spacial score (nSPS) is 13.3. The molecule has 0 bridgehead atoms. The molecule has 0 atom stereocenters. The number of alkyl halides is 3. The van der Waals surface area contributed by atoms with E-state index in [1.807, 2.05) is 17.5 Å². The second kappa shape index (κ2) is 10.3. The van der Waals surface area contributed by atoms with Crippen molar-refractivity contribution in [3.8, 4) is 22.1 Å². The third-order valence-corrected chi connectivity index (χ3v) is 6.90. The Balaban J connectivity index is 1.42. The molecule has 3 aromatic heterocycles. The van der Waals surface area contributed by atoms with Gasteiger partial charge in [0.15, 0.2) is 11.5 Å². The van der Waals surface area contributed by atoms with E-state index in [0.717, 1.165) is 41.9 Å². The van der Waals surface area contributed by atoms with Crippen molar-refractivity contribution in [2.45, 2.75) is 32.7 Å². The summed E-state index contributed by atoms with van der Waals surface area (Å²) in [6.07, 6.45) is -3.05. The number of aromatic nitrogens is 3. The molecule has 0 unspecified atom stereocenters. The molecule has 11 heteroatoms. The van der Waals surface area contributed by atoms with Crippen molar-refractivity contribution in [1.29, 1.82) is 0 Å². The van der Waals surface area contributed by atoms with Gasteiger partial charge in [-0.05, 0) is 66.7 Å². The number of thiophene rings is 1. The van der Waals surface area contributed by atoms with Crippen molar-refractivity contribution in [2.24, 2.45) is 0 Å². The van der Waals surface area contributed by atoms with Gasteiger partial charge in [0.1, 0.15) is 17.9 Å². The van der Waals surface area contributed by atoms with Gasteiger partial charge in [0, 0.05) is 12.1 Å². The van der Waals surface area contributed by atoms with Gasteiger partial charge in [0.2, 0.25) is 0 Å². The van der Waals surface area contributed by atoms with Crippen LogP contribution in [-0.2, 0) is 30.5 Å². The Hall–Kier alpha value is -3.70. The molecule has 0 radical (unpaired) electrons. The first-order valence-electron chi connectivity index (χ1n) is 11.7. The quantitative estimate of drug-likeness (QED) is 0.323. The molecule has 1 aromatic carbocycles. The van der Waals surface area contributed by atoms with Crippen LogP contribution in [0.1, 0.15) is 39.7 Å². The molecule has 0 saturated carbocycles. The van der Waals surface area contributed by atoms with Crippen LogP contribution in [0.15, 0.2) is 54.0 Å². The number of hydrogen-bond donors (Lipinski definition) is 1. The molecule has 37 heavy (non-hydrogen) atoms. The lowest BCUT2D eigenvalue weighted by molar-refractivity contribution is -0.143. The third-order valence-electron chi connectivity index (χ3n) is 5.92. The Kier molecular flexibility index (Phi) is 6.98. The molecule has 0 aliphatic carbocycles. The molecule has 0 spiro atoms. The number of nitrogens with zero attached hydrogens (tertiary/aromatic N) is 3. The SMILES string of the molecule is CCOC(=O)c1cnn(-c2cccc(-c3sccc3COc3ccc4c(c3)CCNC4)n2)c1C(F)(F)F. The average molecular weight is 529 g/mol. The lowest BCUT2D eigenvalue weighted by Crippen LogP contribution is -2.23. The molecular formula is C26H23F3N4O3S. The van der Waals surface area contributed by atoms with E-state index in [2.05, 4.69) is 27.5 Å². The minimum atomic E-state index is -4.84. The van der Waals surface area contributed by atoms with E-state index >= 15 is 0 Å². The first-order chi connectivity index (χ1) is 17.8. The first kappa shape index (κ1) is 25.0. The van der Waals surface area contributed by atoms with Gasteiger partial charge in [0.25, 0.3) is 0 Å². The number of halogens is 3. The number of nitrogens with one attached hydrogen (secondary N) is 1. The number of hydrogen-bond acceptors (Lipinski definition) is 7. The zero-order valence-electron chi connectivity index (χ0n) is 19.8. The molecule has 0 amide bonds. The van der Waals surface area contributed by atoms with E-state index in [4.69, 9.17) is 9.47 Å². The van der Waals surface area contributed by atoms with E-state index in [9.17, 15) is 18.0 Å². The number of ether oxygens (including phenoxy) is 2. The molecular weight excluding hydrogens is 505 g/mol. The Bertz CT molecular complexity index is 1430. The van der Waals surface area contributed by atoms with Crippen LogP contribution in [0.25, 0.3) is 16.4 Å². The van der Waals surface area contributed by atoms with E-state index in [0.29, 0.717) is 10.4 Å². The summed E-state index contributed by atoms with van der Waals surface area (Å²) < 4.78 is 53.2. The summed E-state index contributed by atoms with van der Waals surface area (Å²) in [5.41, 5.74) is 1.97. The van der Waals surface area contributed by atoms with Gasteiger partial charge in [-0.25, -0.2) is 14.5 Å². The van der Waals surface area contributed by atoms with Crippen LogP contribution in [-0.4, -0.2) is 33.9 Å². The van der Waals surface area contributed by atoms with Crippen LogP contribution in [0, 0.1) is 0 Å². The molecule has 192 valence electrons. The first-order valence-corrected chi connectivity index (χ1v) is 12.5. The number of esters is 1. The number of pyridine rings is 1. The average Bonchev–Trinajstić information content (AvgIpc) is 3.55. The number of carbonyl (C=O) groups excluding carboxylic acids is 1. The van der Waals surface area contributed by atoms with Crippen LogP contribution < -0.4 is 10.1 Å². The number of rotatable bonds is 7. The van der Waals surface area contributed by atoms with E-state index < -0.39 is 23.4 Å². The molecule has 7 nitrogen and oxygen atoms in total. The van der Waals surface area contributed by atoms with Crippen LogP contribution in [0.5, 0.6) is 5.75 Å². The molecule has 1 N–H and O–H groups in total. The Morgan fingerprint density at radius 3 is 2.86 bits per heavy atom. The lowest BCUT2D eigenvalue weighted by atomic mass is 10.0. The van der Waals surface area contributed by atoms with Crippen molar-refractivity contribution in [3.63, 3.8) is 0 Å². The second-order valence-electron chi connectivity index (χ2n) is 8.34. The fourth-order valence-corrected chi connectivity index (χ4v) is 5.08. The molecule has 0 saturated heterocycles. The maximum Gasteiger partial charge on any atom is 0.434 e. The monoisotopic (exact) mass is 528 g/mol. The van der Waals surface area contributed by atoms with Crippen molar-refractivity contribution < 1.29 is 27.4 Å². The third kappa shape index (κ3) is 5.23. The highest BCUT2D eigenvalue weighted by molar-refractivity contribution is 7.13. The van der Waals surface area contributed by atoms with E-state index in [1.54, 1.807) is 12.1 Å². The summed E-state index contributed by atoms with van der Waals surface area (Å²) in [4.78, 5) is 17.3. The van der Waals surface area contributed by atoms with Gasteiger partial charge in [-0.1, -0.05) is 12.1 Å².